The van der Waals surface area contributed by atoms with Crippen molar-refractivity contribution in [3.63, 3.8) is 0 Å². The zero-order chi connectivity index (χ0) is 11.4. The summed E-state index contributed by atoms with van der Waals surface area (Å²) in [5.74, 6) is 1.98. The van der Waals surface area contributed by atoms with E-state index in [4.69, 9.17) is 9.15 Å². The third-order valence-electron chi connectivity index (χ3n) is 2.34. The number of methoxy groups -OCH3 is 1. The molecule has 3 nitrogen and oxygen atoms in total. The van der Waals surface area contributed by atoms with Crippen LogP contribution in [0.15, 0.2) is 40.8 Å². The Balaban J connectivity index is 2.10. The highest BCUT2D eigenvalue weighted by molar-refractivity contribution is 5.70. The van der Waals surface area contributed by atoms with Crippen LogP contribution in [-0.2, 0) is 6.42 Å². The Morgan fingerprint density at radius 1 is 1.19 bits per heavy atom. The van der Waals surface area contributed by atoms with Crippen LogP contribution in [-0.4, -0.2) is 13.4 Å². The Labute approximate surface area is 93.7 Å². The molecule has 0 atom stereocenters. The quantitative estimate of drug-likeness (QED) is 0.737. The van der Waals surface area contributed by atoms with Crippen LogP contribution < -0.4 is 4.74 Å². The van der Waals surface area contributed by atoms with Gasteiger partial charge in [-0.05, 0) is 29.8 Å². The van der Waals surface area contributed by atoms with Crippen LogP contribution in [0.3, 0.4) is 0 Å². The summed E-state index contributed by atoms with van der Waals surface area (Å²) in [5, 5.41) is 0. The van der Waals surface area contributed by atoms with Gasteiger partial charge in [0.1, 0.15) is 11.5 Å². The van der Waals surface area contributed by atoms with E-state index in [9.17, 15) is 4.79 Å². The number of carbonyl (C=O) groups is 1. The Bertz CT molecular complexity index is 468. The van der Waals surface area contributed by atoms with Crippen LogP contribution in [0.25, 0.3) is 0 Å². The minimum absolute atomic E-state index is 0.364. The van der Waals surface area contributed by atoms with E-state index in [2.05, 4.69) is 0 Å². The number of furan rings is 1. The highest BCUT2D eigenvalue weighted by Crippen LogP contribution is 2.16. The lowest BCUT2D eigenvalue weighted by atomic mass is 10.1. The Kier molecular flexibility index (Phi) is 3.05. The normalized spacial score (nSPS) is 10.1. The maximum atomic E-state index is 10.4. The van der Waals surface area contributed by atoms with Crippen molar-refractivity contribution in [1.29, 1.82) is 0 Å². The standard InChI is InChI=1S/C13H12O3/c1-15-11-4-2-10(3-5-11)8-12-6-7-13(9-14)16-12/h2-7,9H,8H2,1H3. The topological polar surface area (TPSA) is 39.4 Å². The minimum Gasteiger partial charge on any atom is -0.497 e. The molecule has 0 saturated carbocycles. The van der Waals surface area contributed by atoms with Crippen molar-refractivity contribution in [3.8, 4) is 5.75 Å². The first kappa shape index (κ1) is 10.5. The van der Waals surface area contributed by atoms with E-state index < -0.39 is 0 Å². The average Bonchev–Trinajstić information content (AvgIpc) is 2.78. The van der Waals surface area contributed by atoms with Gasteiger partial charge in [-0.1, -0.05) is 12.1 Å². The molecule has 0 bridgehead atoms. The summed E-state index contributed by atoms with van der Waals surface area (Å²) < 4.78 is 10.4. The molecule has 1 aromatic carbocycles. The number of carbonyl (C=O) groups excluding carboxylic acids is 1. The van der Waals surface area contributed by atoms with Gasteiger partial charge < -0.3 is 9.15 Å². The van der Waals surface area contributed by atoms with Crippen molar-refractivity contribution in [1.82, 2.24) is 0 Å². The lowest BCUT2D eigenvalue weighted by Crippen LogP contribution is -1.87. The predicted octanol–water partition coefficient (Wildman–Crippen LogP) is 2.69. The van der Waals surface area contributed by atoms with Crippen molar-refractivity contribution in [2.45, 2.75) is 6.42 Å². The minimum atomic E-state index is 0.364. The number of aldehydes is 1. The molecule has 0 aliphatic rings. The number of hydrogen-bond acceptors (Lipinski definition) is 3. The van der Waals surface area contributed by atoms with E-state index in [-0.39, 0.29) is 0 Å². The maximum Gasteiger partial charge on any atom is 0.185 e. The third-order valence-corrected chi connectivity index (χ3v) is 2.34. The van der Waals surface area contributed by atoms with Crippen molar-refractivity contribution < 1.29 is 13.9 Å². The summed E-state index contributed by atoms with van der Waals surface area (Å²) in [6.45, 7) is 0. The summed E-state index contributed by atoms with van der Waals surface area (Å²) in [6, 6.07) is 11.2. The molecule has 0 unspecified atom stereocenters. The fourth-order valence-electron chi connectivity index (χ4n) is 1.50. The average molecular weight is 216 g/mol. The van der Waals surface area contributed by atoms with E-state index in [1.54, 1.807) is 13.2 Å². The molecule has 0 saturated heterocycles. The van der Waals surface area contributed by atoms with E-state index in [1.807, 2.05) is 30.3 Å². The molecule has 0 amide bonds. The zero-order valence-electron chi connectivity index (χ0n) is 8.97. The fraction of sp³-hybridized carbons (Fsp3) is 0.154. The van der Waals surface area contributed by atoms with E-state index in [1.165, 1.54) is 0 Å². The molecule has 0 radical (unpaired) electrons. The van der Waals surface area contributed by atoms with Gasteiger partial charge in [-0.3, -0.25) is 4.79 Å². The summed E-state index contributed by atoms with van der Waals surface area (Å²) in [7, 11) is 1.64. The van der Waals surface area contributed by atoms with E-state index in [0.717, 1.165) is 17.1 Å². The Hall–Kier alpha value is -2.03. The SMILES string of the molecule is COc1ccc(Cc2ccc(C=O)o2)cc1. The first-order valence-corrected chi connectivity index (χ1v) is 4.98. The van der Waals surface area contributed by atoms with Crippen molar-refractivity contribution >= 4 is 6.29 Å². The first-order chi connectivity index (χ1) is 7.81. The molecule has 1 heterocycles. The van der Waals surface area contributed by atoms with E-state index in [0.29, 0.717) is 18.5 Å². The number of hydrogen-bond donors (Lipinski definition) is 0. The number of benzene rings is 1. The van der Waals surface area contributed by atoms with Crippen molar-refractivity contribution in [3.05, 3.63) is 53.5 Å². The van der Waals surface area contributed by atoms with Gasteiger partial charge in [0.05, 0.1) is 7.11 Å². The first-order valence-electron chi connectivity index (χ1n) is 4.98. The molecule has 1 aromatic heterocycles. The van der Waals surface area contributed by atoms with Gasteiger partial charge in [-0.2, -0.15) is 0 Å². The third kappa shape index (κ3) is 2.31. The number of rotatable bonds is 4. The van der Waals surface area contributed by atoms with E-state index >= 15 is 0 Å². The van der Waals surface area contributed by atoms with Crippen LogP contribution >= 0.6 is 0 Å². The molecule has 0 aliphatic heterocycles. The summed E-state index contributed by atoms with van der Waals surface area (Å²) in [4.78, 5) is 10.4. The number of ether oxygens (including phenoxy) is 1. The van der Waals surface area contributed by atoms with Crippen molar-refractivity contribution in [2.75, 3.05) is 7.11 Å². The monoisotopic (exact) mass is 216 g/mol. The summed E-state index contributed by atoms with van der Waals surface area (Å²) in [6.07, 6.45) is 1.38. The van der Waals surface area contributed by atoms with Crippen LogP contribution in [0, 0.1) is 0 Å². The van der Waals surface area contributed by atoms with Gasteiger partial charge in [0, 0.05) is 6.42 Å². The smallest absolute Gasteiger partial charge is 0.185 e. The molecule has 3 heteroatoms. The highest BCUT2D eigenvalue weighted by atomic mass is 16.5. The van der Waals surface area contributed by atoms with Gasteiger partial charge in [-0.15, -0.1) is 0 Å². The second-order valence-corrected chi connectivity index (χ2v) is 3.45. The van der Waals surface area contributed by atoms with Gasteiger partial charge in [-0.25, -0.2) is 0 Å². The molecule has 0 aliphatic carbocycles. The molecule has 0 spiro atoms. The molecule has 0 fully saturated rings. The van der Waals surface area contributed by atoms with Gasteiger partial charge >= 0.3 is 0 Å². The summed E-state index contributed by atoms with van der Waals surface area (Å²) in [5.41, 5.74) is 1.12. The zero-order valence-corrected chi connectivity index (χ0v) is 8.97. The largest absolute Gasteiger partial charge is 0.497 e. The van der Waals surface area contributed by atoms with Gasteiger partial charge in [0.25, 0.3) is 0 Å². The van der Waals surface area contributed by atoms with Crippen LogP contribution in [0.5, 0.6) is 5.75 Å². The molecule has 2 rings (SSSR count). The van der Waals surface area contributed by atoms with Gasteiger partial charge in [0.2, 0.25) is 0 Å². The molecule has 82 valence electrons. The molecular formula is C13H12O3. The molecule has 16 heavy (non-hydrogen) atoms. The lowest BCUT2D eigenvalue weighted by Gasteiger charge is -2.01. The van der Waals surface area contributed by atoms with Crippen LogP contribution in [0.4, 0.5) is 0 Å². The Morgan fingerprint density at radius 2 is 1.94 bits per heavy atom. The second-order valence-electron chi connectivity index (χ2n) is 3.45. The molecular weight excluding hydrogens is 204 g/mol. The van der Waals surface area contributed by atoms with Crippen molar-refractivity contribution in [2.24, 2.45) is 0 Å². The van der Waals surface area contributed by atoms with Crippen LogP contribution in [0.1, 0.15) is 21.9 Å². The summed E-state index contributed by atoms with van der Waals surface area (Å²) >= 11 is 0. The van der Waals surface area contributed by atoms with Crippen LogP contribution in [0.2, 0.25) is 0 Å². The molecule has 0 N–H and O–H groups in total. The molecule has 2 aromatic rings. The fourth-order valence-corrected chi connectivity index (χ4v) is 1.50. The lowest BCUT2D eigenvalue weighted by molar-refractivity contribution is 0.109. The Morgan fingerprint density at radius 3 is 2.50 bits per heavy atom. The predicted molar refractivity (Wildman–Crippen MR) is 59.9 cm³/mol. The maximum absolute atomic E-state index is 10.4. The highest BCUT2D eigenvalue weighted by Gasteiger charge is 2.02. The van der Waals surface area contributed by atoms with Gasteiger partial charge in [0.15, 0.2) is 12.0 Å². The second kappa shape index (κ2) is 4.66.